The quantitative estimate of drug-likeness (QED) is 0.673. The van der Waals surface area contributed by atoms with Crippen LogP contribution in [0.4, 0.5) is 13.2 Å². The van der Waals surface area contributed by atoms with Crippen molar-refractivity contribution >= 4 is 0 Å². The molecule has 0 unspecified atom stereocenters. The maximum Gasteiger partial charge on any atom is 0.411 e. The molecule has 0 aromatic carbocycles. The third-order valence-corrected chi connectivity index (χ3v) is 1.75. The van der Waals surface area contributed by atoms with Gasteiger partial charge >= 0.3 is 6.18 Å². The molecule has 0 saturated heterocycles. The Morgan fingerprint density at radius 2 is 1.38 bits per heavy atom. The normalized spacial score (nSPS) is 13.4. The van der Waals surface area contributed by atoms with Crippen molar-refractivity contribution in [1.29, 1.82) is 0 Å². The molecule has 0 N–H and O–H groups in total. The van der Waals surface area contributed by atoms with Gasteiger partial charge in [0.25, 0.3) is 0 Å². The van der Waals surface area contributed by atoms with E-state index in [1.807, 2.05) is 27.7 Å². The van der Waals surface area contributed by atoms with Gasteiger partial charge in [-0.2, -0.15) is 13.2 Å². The molecule has 0 aliphatic rings. The molecule has 0 saturated carbocycles. The minimum absolute atomic E-state index is 0.113. The van der Waals surface area contributed by atoms with Crippen LogP contribution in [0.25, 0.3) is 0 Å². The standard InChI is InChI=1S/C9H17F3O/c1-6(2)8(7(3)4)13-5-9(10,11)12/h6-8H,5H2,1-4H3. The first-order valence-corrected chi connectivity index (χ1v) is 4.42. The lowest BCUT2D eigenvalue weighted by Crippen LogP contribution is -2.30. The van der Waals surface area contributed by atoms with Crippen LogP contribution in [0.3, 0.4) is 0 Å². The Kier molecular flexibility index (Phi) is 4.75. The molecule has 13 heavy (non-hydrogen) atoms. The Morgan fingerprint density at radius 3 is 1.62 bits per heavy atom. The molecule has 1 nitrogen and oxygen atoms in total. The summed E-state index contributed by atoms with van der Waals surface area (Å²) >= 11 is 0. The van der Waals surface area contributed by atoms with Gasteiger partial charge in [-0.3, -0.25) is 0 Å². The Hall–Kier alpha value is -0.250. The number of halogens is 3. The van der Waals surface area contributed by atoms with Gasteiger partial charge in [0.1, 0.15) is 6.61 Å². The van der Waals surface area contributed by atoms with E-state index in [9.17, 15) is 13.2 Å². The van der Waals surface area contributed by atoms with Crippen molar-refractivity contribution in [3.8, 4) is 0 Å². The molecule has 0 aromatic rings. The number of rotatable bonds is 4. The molecule has 0 spiro atoms. The lowest BCUT2D eigenvalue weighted by molar-refractivity contribution is -0.194. The van der Waals surface area contributed by atoms with E-state index < -0.39 is 12.8 Å². The highest BCUT2D eigenvalue weighted by Crippen LogP contribution is 2.21. The average molecular weight is 198 g/mol. The van der Waals surface area contributed by atoms with Crippen molar-refractivity contribution in [3.63, 3.8) is 0 Å². The minimum Gasteiger partial charge on any atom is -0.368 e. The van der Waals surface area contributed by atoms with Crippen LogP contribution in [0.1, 0.15) is 27.7 Å². The van der Waals surface area contributed by atoms with E-state index in [1.54, 1.807) is 0 Å². The molecular formula is C9H17F3O. The Labute approximate surface area is 77.3 Å². The predicted molar refractivity (Wildman–Crippen MR) is 45.5 cm³/mol. The molecule has 0 fully saturated rings. The molecule has 4 heteroatoms. The predicted octanol–water partition coefficient (Wildman–Crippen LogP) is 3.25. The molecule has 0 rings (SSSR count). The van der Waals surface area contributed by atoms with Crippen molar-refractivity contribution < 1.29 is 17.9 Å². The van der Waals surface area contributed by atoms with E-state index in [-0.39, 0.29) is 17.9 Å². The van der Waals surface area contributed by atoms with Crippen LogP contribution in [-0.2, 0) is 4.74 Å². The van der Waals surface area contributed by atoms with Crippen LogP contribution in [0.2, 0.25) is 0 Å². The van der Waals surface area contributed by atoms with E-state index in [0.29, 0.717) is 0 Å². The number of hydrogen-bond acceptors (Lipinski definition) is 1. The third kappa shape index (κ3) is 5.91. The van der Waals surface area contributed by atoms with Crippen molar-refractivity contribution in [2.75, 3.05) is 6.61 Å². The lowest BCUT2D eigenvalue weighted by atomic mass is 9.96. The summed E-state index contributed by atoms with van der Waals surface area (Å²) < 4.78 is 40.3. The second-order valence-electron chi connectivity index (χ2n) is 3.88. The molecule has 0 atom stereocenters. The van der Waals surface area contributed by atoms with Crippen molar-refractivity contribution in [2.45, 2.75) is 40.0 Å². The lowest BCUT2D eigenvalue weighted by Gasteiger charge is -2.25. The molecule has 0 aromatic heterocycles. The Bertz CT molecular complexity index is 132. The van der Waals surface area contributed by atoms with E-state index in [1.165, 1.54) is 0 Å². The Balaban J connectivity index is 3.98. The summed E-state index contributed by atoms with van der Waals surface area (Å²) in [7, 11) is 0. The van der Waals surface area contributed by atoms with Gasteiger partial charge in [0.2, 0.25) is 0 Å². The summed E-state index contributed by atoms with van der Waals surface area (Å²) in [4.78, 5) is 0. The summed E-state index contributed by atoms with van der Waals surface area (Å²) in [5.74, 6) is 0.227. The van der Waals surface area contributed by atoms with Crippen LogP contribution in [0.5, 0.6) is 0 Å². The summed E-state index contributed by atoms with van der Waals surface area (Å²) in [6, 6.07) is 0. The van der Waals surface area contributed by atoms with Crippen LogP contribution in [0, 0.1) is 11.8 Å². The average Bonchev–Trinajstić information content (AvgIpc) is 1.82. The molecular weight excluding hydrogens is 181 g/mol. The van der Waals surface area contributed by atoms with Crippen LogP contribution in [-0.4, -0.2) is 18.9 Å². The maximum absolute atomic E-state index is 11.8. The molecule has 0 radical (unpaired) electrons. The Morgan fingerprint density at radius 1 is 1.00 bits per heavy atom. The SMILES string of the molecule is CC(C)C(OCC(F)(F)F)C(C)C. The zero-order chi connectivity index (χ0) is 10.6. The summed E-state index contributed by atoms with van der Waals surface area (Å²) in [5.41, 5.74) is 0. The third-order valence-electron chi connectivity index (χ3n) is 1.75. The minimum atomic E-state index is -4.22. The number of hydrogen-bond donors (Lipinski definition) is 0. The zero-order valence-corrected chi connectivity index (χ0v) is 8.48. The molecule has 80 valence electrons. The smallest absolute Gasteiger partial charge is 0.368 e. The van der Waals surface area contributed by atoms with Gasteiger partial charge in [-0.15, -0.1) is 0 Å². The first-order valence-electron chi connectivity index (χ1n) is 4.42. The second kappa shape index (κ2) is 4.84. The van der Waals surface area contributed by atoms with Gasteiger partial charge in [-0.1, -0.05) is 27.7 Å². The van der Waals surface area contributed by atoms with E-state index >= 15 is 0 Å². The number of ether oxygens (including phenoxy) is 1. The molecule has 0 aliphatic carbocycles. The fraction of sp³-hybridized carbons (Fsp3) is 1.00. The highest BCUT2D eigenvalue weighted by Gasteiger charge is 2.30. The van der Waals surface area contributed by atoms with Crippen molar-refractivity contribution in [2.24, 2.45) is 11.8 Å². The van der Waals surface area contributed by atoms with Gasteiger partial charge in [0, 0.05) is 0 Å². The molecule has 0 amide bonds. The summed E-state index contributed by atoms with van der Waals surface area (Å²) in [5, 5.41) is 0. The van der Waals surface area contributed by atoms with E-state index in [4.69, 9.17) is 4.74 Å². The fourth-order valence-corrected chi connectivity index (χ4v) is 1.35. The highest BCUT2D eigenvalue weighted by atomic mass is 19.4. The summed E-state index contributed by atoms with van der Waals surface area (Å²) in [6.07, 6.45) is -4.54. The second-order valence-corrected chi connectivity index (χ2v) is 3.88. The van der Waals surface area contributed by atoms with Crippen LogP contribution >= 0.6 is 0 Å². The van der Waals surface area contributed by atoms with E-state index in [0.717, 1.165) is 0 Å². The number of alkyl halides is 3. The van der Waals surface area contributed by atoms with Gasteiger partial charge in [0.05, 0.1) is 6.10 Å². The van der Waals surface area contributed by atoms with Crippen LogP contribution in [0.15, 0.2) is 0 Å². The van der Waals surface area contributed by atoms with Gasteiger partial charge in [-0.25, -0.2) is 0 Å². The molecule has 0 heterocycles. The molecule has 0 bridgehead atoms. The first-order chi connectivity index (χ1) is 5.74. The monoisotopic (exact) mass is 198 g/mol. The van der Waals surface area contributed by atoms with Gasteiger partial charge < -0.3 is 4.74 Å². The zero-order valence-electron chi connectivity index (χ0n) is 8.48. The maximum atomic E-state index is 11.8. The van der Waals surface area contributed by atoms with Crippen molar-refractivity contribution in [1.82, 2.24) is 0 Å². The highest BCUT2D eigenvalue weighted by molar-refractivity contribution is 4.67. The largest absolute Gasteiger partial charge is 0.411 e. The van der Waals surface area contributed by atoms with Gasteiger partial charge in [0.15, 0.2) is 0 Å². The van der Waals surface area contributed by atoms with Gasteiger partial charge in [-0.05, 0) is 11.8 Å². The van der Waals surface area contributed by atoms with Crippen LogP contribution < -0.4 is 0 Å². The summed E-state index contributed by atoms with van der Waals surface area (Å²) in [6.45, 7) is 6.30. The van der Waals surface area contributed by atoms with Crippen molar-refractivity contribution in [3.05, 3.63) is 0 Å². The van der Waals surface area contributed by atoms with E-state index in [2.05, 4.69) is 0 Å². The first kappa shape index (κ1) is 12.8. The fourth-order valence-electron chi connectivity index (χ4n) is 1.35. The molecule has 0 aliphatic heterocycles. The topological polar surface area (TPSA) is 9.23 Å².